The molecule has 7 nitrogen and oxygen atoms in total. The standard InChI is InChI=1S/C24H22N4O3/c1-2-24(31)19-9-5-6-10-21(19)28(23(24)30)16-11-15(13-25-14-16)12-20-17-7-3-4-8-18(17)22(29)27-26-20/h3-8,10-11,13-14,19,31H,2,9,12H2,1H3,(H,27,29). The molecule has 0 saturated carbocycles. The second-order valence-corrected chi connectivity index (χ2v) is 8.00. The van der Waals surface area contributed by atoms with E-state index in [2.05, 4.69) is 15.2 Å². The van der Waals surface area contributed by atoms with Crippen molar-refractivity contribution < 1.29 is 9.90 Å². The van der Waals surface area contributed by atoms with Crippen molar-refractivity contribution in [2.75, 3.05) is 4.90 Å². The van der Waals surface area contributed by atoms with E-state index in [0.717, 1.165) is 22.3 Å². The molecule has 1 aliphatic heterocycles. The Balaban J connectivity index is 1.54. The van der Waals surface area contributed by atoms with Crippen molar-refractivity contribution in [3.8, 4) is 0 Å². The molecule has 1 fully saturated rings. The van der Waals surface area contributed by atoms with Crippen LogP contribution in [0.5, 0.6) is 0 Å². The molecule has 1 amide bonds. The number of H-pyrrole nitrogens is 1. The van der Waals surface area contributed by atoms with E-state index in [9.17, 15) is 14.7 Å². The molecule has 1 saturated heterocycles. The van der Waals surface area contributed by atoms with Crippen molar-refractivity contribution in [3.63, 3.8) is 0 Å². The lowest BCUT2D eigenvalue weighted by atomic mass is 9.82. The van der Waals surface area contributed by atoms with Gasteiger partial charge in [-0.2, -0.15) is 5.10 Å². The maximum absolute atomic E-state index is 13.2. The first-order valence-electron chi connectivity index (χ1n) is 10.4. The van der Waals surface area contributed by atoms with Crippen molar-refractivity contribution >= 4 is 22.4 Å². The summed E-state index contributed by atoms with van der Waals surface area (Å²) >= 11 is 0. The molecule has 5 rings (SSSR count). The lowest BCUT2D eigenvalue weighted by Crippen LogP contribution is -2.42. The number of hydrogen-bond donors (Lipinski definition) is 2. The zero-order valence-corrected chi connectivity index (χ0v) is 17.1. The van der Waals surface area contributed by atoms with Gasteiger partial charge in [0.15, 0.2) is 5.60 Å². The number of pyridine rings is 1. The van der Waals surface area contributed by atoms with Crippen LogP contribution < -0.4 is 10.5 Å². The van der Waals surface area contributed by atoms with E-state index in [-0.39, 0.29) is 17.4 Å². The molecule has 3 aromatic rings. The highest BCUT2D eigenvalue weighted by Crippen LogP contribution is 2.45. The highest BCUT2D eigenvalue weighted by molar-refractivity contribution is 6.06. The SMILES string of the molecule is CCC1(O)C(=O)N(c2cncc(Cc3n[nH]c(=O)c4ccccc34)c2)C2=CC=CCC21. The second-order valence-electron chi connectivity index (χ2n) is 8.00. The highest BCUT2D eigenvalue weighted by Gasteiger charge is 2.55. The molecule has 2 aromatic heterocycles. The molecular formula is C24H22N4O3. The predicted molar refractivity (Wildman–Crippen MR) is 117 cm³/mol. The van der Waals surface area contributed by atoms with Gasteiger partial charge in [-0.25, -0.2) is 5.10 Å². The zero-order chi connectivity index (χ0) is 21.6. The van der Waals surface area contributed by atoms with Crippen molar-refractivity contribution in [2.45, 2.75) is 31.8 Å². The number of nitrogens with zero attached hydrogens (tertiary/aromatic N) is 3. The minimum Gasteiger partial charge on any atom is -0.379 e. The third kappa shape index (κ3) is 3.00. The van der Waals surface area contributed by atoms with Crippen LogP contribution in [0.3, 0.4) is 0 Å². The maximum Gasteiger partial charge on any atom is 0.272 e. The smallest absolute Gasteiger partial charge is 0.272 e. The Morgan fingerprint density at radius 2 is 2.03 bits per heavy atom. The topological polar surface area (TPSA) is 99.2 Å². The molecule has 31 heavy (non-hydrogen) atoms. The van der Waals surface area contributed by atoms with E-state index in [4.69, 9.17) is 0 Å². The third-order valence-electron chi connectivity index (χ3n) is 6.26. The van der Waals surface area contributed by atoms with Gasteiger partial charge in [0.05, 0.1) is 23.0 Å². The number of fused-ring (bicyclic) bond motifs is 2. The Morgan fingerprint density at radius 1 is 1.23 bits per heavy atom. The number of rotatable bonds is 4. The highest BCUT2D eigenvalue weighted by atomic mass is 16.3. The average Bonchev–Trinajstić information content (AvgIpc) is 3.03. The number of carbonyl (C=O) groups excluding carboxylic acids is 1. The van der Waals surface area contributed by atoms with Crippen LogP contribution in [0.2, 0.25) is 0 Å². The number of aromatic amines is 1. The first-order chi connectivity index (χ1) is 15.0. The molecule has 2 N–H and O–H groups in total. The second kappa shape index (κ2) is 7.28. The summed E-state index contributed by atoms with van der Waals surface area (Å²) in [5.74, 6) is -0.579. The van der Waals surface area contributed by atoms with Gasteiger partial charge in [-0.3, -0.25) is 19.5 Å². The summed E-state index contributed by atoms with van der Waals surface area (Å²) in [6, 6.07) is 9.23. The van der Waals surface area contributed by atoms with Gasteiger partial charge in [-0.05, 0) is 36.6 Å². The molecule has 2 atom stereocenters. The van der Waals surface area contributed by atoms with Gasteiger partial charge in [0.25, 0.3) is 11.5 Å². The van der Waals surface area contributed by atoms with Crippen LogP contribution in [0, 0.1) is 5.92 Å². The summed E-state index contributed by atoms with van der Waals surface area (Å²) < 4.78 is 0. The Bertz CT molecular complexity index is 1310. The van der Waals surface area contributed by atoms with Crippen LogP contribution >= 0.6 is 0 Å². The van der Waals surface area contributed by atoms with Gasteiger partial charge in [0.1, 0.15) is 0 Å². The molecule has 7 heteroatoms. The quantitative estimate of drug-likeness (QED) is 0.684. The number of aliphatic hydroxyl groups is 1. The molecule has 156 valence electrons. The Labute approximate surface area is 178 Å². The Hall–Kier alpha value is -3.58. The first-order valence-corrected chi connectivity index (χ1v) is 10.4. The van der Waals surface area contributed by atoms with Crippen LogP contribution in [-0.2, 0) is 11.2 Å². The number of hydrogen-bond acceptors (Lipinski definition) is 5. The van der Waals surface area contributed by atoms with Gasteiger partial charge in [-0.1, -0.05) is 37.3 Å². The molecule has 0 spiro atoms. The van der Waals surface area contributed by atoms with E-state index < -0.39 is 5.60 Å². The van der Waals surface area contributed by atoms with E-state index in [1.54, 1.807) is 23.4 Å². The average molecular weight is 414 g/mol. The molecule has 1 aromatic carbocycles. The van der Waals surface area contributed by atoms with Gasteiger partial charge in [-0.15, -0.1) is 0 Å². The van der Waals surface area contributed by atoms with Crippen molar-refractivity contribution in [2.24, 2.45) is 5.92 Å². The van der Waals surface area contributed by atoms with Crippen molar-refractivity contribution in [3.05, 3.63) is 88.3 Å². The molecule has 2 aliphatic rings. The van der Waals surface area contributed by atoms with Crippen LogP contribution in [0.4, 0.5) is 5.69 Å². The van der Waals surface area contributed by atoms with Crippen molar-refractivity contribution in [1.29, 1.82) is 0 Å². The van der Waals surface area contributed by atoms with Gasteiger partial charge >= 0.3 is 0 Å². The summed E-state index contributed by atoms with van der Waals surface area (Å²) in [6.07, 6.45) is 10.6. The number of amides is 1. The van der Waals surface area contributed by atoms with Gasteiger partial charge < -0.3 is 5.11 Å². The summed E-state index contributed by atoms with van der Waals surface area (Å²) in [5.41, 5.74) is 1.35. The molecule has 2 unspecified atom stereocenters. The van der Waals surface area contributed by atoms with E-state index in [1.807, 2.05) is 49.4 Å². The number of carbonyl (C=O) groups is 1. The molecule has 0 radical (unpaired) electrons. The lowest BCUT2D eigenvalue weighted by molar-refractivity contribution is -0.136. The lowest BCUT2D eigenvalue weighted by Gasteiger charge is -2.25. The van der Waals surface area contributed by atoms with E-state index in [1.165, 1.54) is 0 Å². The van der Waals surface area contributed by atoms with Crippen LogP contribution in [-0.4, -0.2) is 31.8 Å². The summed E-state index contributed by atoms with van der Waals surface area (Å²) in [6.45, 7) is 1.83. The number of nitrogens with one attached hydrogen (secondary N) is 1. The Morgan fingerprint density at radius 3 is 2.84 bits per heavy atom. The maximum atomic E-state index is 13.2. The van der Waals surface area contributed by atoms with Crippen LogP contribution in [0.25, 0.3) is 10.8 Å². The van der Waals surface area contributed by atoms with E-state index >= 15 is 0 Å². The fourth-order valence-corrected chi connectivity index (χ4v) is 4.60. The Kier molecular flexibility index (Phi) is 4.55. The fourth-order valence-electron chi connectivity index (χ4n) is 4.60. The fraction of sp³-hybridized carbons (Fsp3) is 0.250. The monoisotopic (exact) mass is 414 g/mol. The largest absolute Gasteiger partial charge is 0.379 e. The molecule has 0 bridgehead atoms. The molecule has 3 heterocycles. The minimum atomic E-state index is -1.41. The van der Waals surface area contributed by atoms with Crippen molar-refractivity contribution in [1.82, 2.24) is 15.2 Å². The minimum absolute atomic E-state index is 0.226. The normalized spacial score (nSPS) is 22.6. The van der Waals surface area contributed by atoms with Crippen LogP contribution in [0.15, 0.2) is 71.4 Å². The number of aromatic nitrogens is 3. The molecule has 1 aliphatic carbocycles. The van der Waals surface area contributed by atoms with Crippen LogP contribution in [0.1, 0.15) is 31.0 Å². The molecular weight excluding hydrogens is 392 g/mol. The third-order valence-corrected chi connectivity index (χ3v) is 6.26. The van der Waals surface area contributed by atoms with Gasteiger partial charge in [0, 0.05) is 29.6 Å². The number of allylic oxidation sites excluding steroid dienone is 3. The first kappa shape index (κ1) is 19.4. The zero-order valence-electron chi connectivity index (χ0n) is 17.1. The number of anilines is 1. The predicted octanol–water partition coefficient (Wildman–Crippen LogP) is 2.86. The van der Waals surface area contributed by atoms with Gasteiger partial charge in [0.2, 0.25) is 0 Å². The summed E-state index contributed by atoms with van der Waals surface area (Å²) in [4.78, 5) is 31.2. The summed E-state index contributed by atoms with van der Waals surface area (Å²) in [7, 11) is 0. The van der Waals surface area contributed by atoms with E-state index in [0.29, 0.717) is 30.3 Å². The summed E-state index contributed by atoms with van der Waals surface area (Å²) in [5, 5.41) is 19.3. The number of benzene rings is 1.